The number of amides is 1. The molecule has 0 fully saturated rings. The van der Waals surface area contributed by atoms with Crippen molar-refractivity contribution in [3.8, 4) is 17.0 Å². The molecule has 0 aliphatic rings. The number of carbonyl (C=O) groups is 2. The number of rotatable bonds is 10. The molecular formula is C23H24N2O6S2. The van der Waals surface area contributed by atoms with Gasteiger partial charge >= 0.3 is 5.97 Å². The molecule has 0 aliphatic carbocycles. The number of nitrogens with zero attached hydrogens (tertiary/aromatic N) is 1. The predicted molar refractivity (Wildman–Crippen MR) is 126 cm³/mol. The number of anilines is 1. The first-order valence-corrected chi connectivity index (χ1v) is 12.7. The van der Waals surface area contributed by atoms with Crippen molar-refractivity contribution in [1.29, 1.82) is 0 Å². The zero-order valence-electron chi connectivity index (χ0n) is 18.2. The number of sulfone groups is 1. The molecule has 1 aromatic heterocycles. The van der Waals surface area contributed by atoms with Crippen LogP contribution in [0, 0.1) is 0 Å². The van der Waals surface area contributed by atoms with Crippen molar-refractivity contribution < 1.29 is 27.5 Å². The lowest BCUT2D eigenvalue weighted by Crippen LogP contribution is -2.14. The van der Waals surface area contributed by atoms with Crippen molar-refractivity contribution >= 4 is 38.2 Å². The maximum Gasteiger partial charge on any atom is 0.350 e. The van der Waals surface area contributed by atoms with E-state index < -0.39 is 15.8 Å². The first-order valence-electron chi connectivity index (χ1n) is 10.2. The summed E-state index contributed by atoms with van der Waals surface area (Å²) in [5, 5.41) is 2.91. The van der Waals surface area contributed by atoms with Gasteiger partial charge in [-0.25, -0.2) is 18.2 Å². The van der Waals surface area contributed by atoms with E-state index in [9.17, 15) is 18.0 Å². The maximum atomic E-state index is 12.5. The van der Waals surface area contributed by atoms with Gasteiger partial charge in [0, 0.05) is 12.0 Å². The summed E-state index contributed by atoms with van der Waals surface area (Å²) in [6, 6.07) is 15.2. The third-order valence-corrected chi connectivity index (χ3v) is 7.38. The summed E-state index contributed by atoms with van der Waals surface area (Å²) in [6.07, 6.45) is 0.131. The molecule has 3 aromatic rings. The first kappa shape index (κ1) is 24.4. The van der Waals surface area contributed by atoms with Crippen LogP contribution in [-0.2, 0) is 19.4 Å². The van der Waals surface area contributed by atoms with Crippen LogP contribution in [0.25, 0.3) is 11.3 Å². The number of hydrogen-bond donors (Lipinski definition) is 1. The molecule has 1 heterocycles. The number of benzene rings is 2. The van der Waals surface area contributed by atoms with E-state index >= 15 is 0 Å². The minimum Gasteiger partial charge on any atom is -0.497 e. The van der Waals surface area contributed by atoms with Crippen molar-refractivity contribution in [1.82, 2.24) is 4.98 Å². The van der Waals surface area contributed by atoms with E-state index in [2.05, 4.69) is 10.3 Å². The van der Waals surface area contributed by atoms with Gasteiger partial charge < -0.3 is 14.8 Å². The molecule has 33 heavy (non-hydrogen) atoms. The summed E-state index contributed by atoms with van der Waals surface area (Å²) >= 11 is 1.02. The molecule has 1 N–H and O–H groups in total. The first-order chi connectivity index (χ1) is 15.8. The standard InChI is InChI=1S/C23H24N2O6S2/c1-3-31-22(27)21-20(16-8-5-4-6-9-16)25-23(32-21)24-19(26)10-7-15-33(28,29)18-13-11-17(30-2)12-14-18/h4-6,8-9,11-14H,3,7,10,15H2,1-2H3,(H,24,25,26). The highest BCUT2D eigenvalue weighted by Gasteiger charge is 2.22. The second-order valence-corrected chi connectivity index (χ2v) is 10.0. The number of nitrogens with one attached hydrogen (secondary N) is 1. The third kappa shape index (κ3) is 6.39. The number of hydrogen-bond acceptors (Lipinski definition) is 8. The van der Waals surface area contributed by atoms with Gasteiger partial charge in [0.2, 0.25) is 5.91 Å². The number of ether oxygens (including phenoxy) is 2. The summed E-state index contributed by atoms with van der Waals surface area (Å²) in [4.78, 5) is 29.6. The fourth-order valence-electron chi connectivity index (χ4n) is 3.01. The van der Waals surface area contributed by atoms with Crippen LogP contribution in [0.15, 0.2) is 59.5 Å². The molecule has 0 saturated carbocycles. The van der Waals surface area contributed by atoms with Gasteiger partial charge in [-0.3, -0.25) is 4.79 Å². The van der Waals surface area contributed by atoms with Crippen LogP contribution in [-0.4, -0.2) is 44.7 Å². The van der Waals surface area contributed by atoms with E-state index in [0.717, 1.165) is 16.9 Å². The molecule has 0 radical (unpaired) electrons. The number of methoxy groups -OCH3 is 1. The van der Waals surface area contributed by atoms with Crippen LogP contribution >= 0.6 is 11.3 Å². The molecule has 0 atom stereocenters. The van der Waals surface area contributed by atoms with Crippen LogP contribution in [0.3, 0.4) is 0 Å². The van der Waals surface area contributed by atoms with Crippen molar-refractivity contribution in [2.24, 2.45) is 0 Å². The Kier molecular flexibility index (Phi) is 8.18. The van der Waals surface area contributed by atoms with Crippen molar-refractivity contribution in [2.45, 2.75) is 24.7 Å². The van der Waals surface area contributed by atoms with Gasteiger partial charge in [0.05, 0.1) is 30.1 Å². The second kappa shape index (κ2) is 11.1. The normalized spacial score (nSPS) is 11.1. The monoisotopic (exact) mass is 488 g/mol. The largest absolute Gasteiger partial charge is 0.497 e. The summed E-state index contributed by atoms with van der Waals surface area (Å²) < 4.78 is 35.1. The third-order valence-electron chi connectivity index (χ3n) is 4.62. The fraction of sp³-hybridized carbons (Fsp3) is 0.261. The Balaban J connectivity index is 1.64. The topological polar surface area (TPSA) is 112 Å². The molecule has 8 nitrogen and oxygen atoms in total. The Bertz CT molecular complexity index is 1210. The van der Waals surface area contributed by atoms with E-state index in [4.69, 9.17) is 9.47 Å². The van der Waals surface area contributed by atoms with E-state index in [0.29, 0.717) is 16.3 Å². The predicted octanol–water partition coefficient (Wildman–Crippen LogP) is 4.19. The summed E-state index contributed by atoms with van der Waals surface area (Å²) in [5.41, 5.74) is 1.15. The molecule has 0 aliphatic heterocycles. The summed E-state index contributed by atoms with van der Waals surface area (Å²) in [7, 11) is -2.02. The lowest BCUT2D eigenvalue weighted by Gasteiger charge is -2.06. The van der Waals surface area contributed by atoms with Gasteiger partial charge in [-0.1, -0.05) is 41.7 Å². The van der Waals surface area contributed by atoms with Gasteiger partial charge in [-0.15, -0.1) is 0 Å². The maximum absolute atomic E-state index is 12.5. The lowest BCUT2D eigenvalue weighted by atomic mass is 10.1. The van der Waals surface area contributed by atoms with Gasteiger partial charge in [-0.05, 0) is 37.6 Å². The van der Waals surface area contributed by atoms with Gasteiger partial charge in [0.1, 0.15) is 10.6 Å². The van der Waals surface area contributed by atoms with Gasteiger partial charge in [0.25, 0.3) is 0 Å². The molecule has 174 valence electrons. The van der Waals surface area contributed by atoms with Crippen LogP contribution in [0.1, 0.15) is 29.4 Å². The van der Waals surface area contributed by atoms with E-state index in [1.807, 2.05) is 30.3 Å². The van der Waals surface area contributed by atoms with Gasteiger partial charge in [-0.2, -0.15) is 0 Å². The van der Waals surface area contributed by atoms with Gasteiger partial charge in [0.15, 0.2) is 15.0 Å². The average Bonchev–Trinajstić information content (AvgIpc) is 3.23. The molecule has 2 aromatic carbocycles. The Morgan fingerprint density at radius 2 is 1.76 bits per heavy atom. The van der Waals surface area contributed by atoms with Crippen molar-refractivity contribution in [3.63, 3.8) is 0 Å². The Morgan fingerprint density at radius 1 is 1.06 bits per heavy atom. The van der Waals surface area contributed by atoms with Crippen LogP contribution in [0.2, 0.25) is 0 Å². The highest BCUT2D eigenvalue weighted by Crippen LogP contribution is 2.32. The lowest BCUT2D eigenvalue weighted by molar-refractivity contribution is -0.116. The molecular weight excluding hydrogens is 464 g/mol. The van der Waals surface area contributed by atoms with Crippen molar-refractivity contribution in [2.75, 3.05) is 24.8 Å². The molecule has 0 bridgehead atoms. The quantitative estimate of drug-likeness (QED) is 0.426. The minimum absolute atomic E-state index is 0.00955. The van der Waals surface area contributed by atoms with E-state index in [-0.39, 0.29) is 41.1 Å². The number of thiazole rings is 1. The molecule has 0 spiro atoms. The second-order valence-electron chi connectivity index (χ2n) is 6.93. The zero-order chi connectivity index (χ0) is 23.8. The molecule has 1 amide bonds. The smallest absolute Gasteiger partial charge is 0.350 e. The number of esters is 1. The molecule has 3 rings (SSSR count). The van der Waals surface area contributed by atoms with Crippen molar-refractivity contribution in [3.05, 3.63) is 59.5 Å². The fourth-order valence-corrected chi connectivity index (χ4v) is 5.21. The Morgan fingerprint density at radius 3 is 2.39 bits per heavy atom. The van der Waals surface area contributed by atoms with Crippen LogP contribution in [0.5, 0.6) is 5.75 Å². The minimum atomic E-state index is -3.52. The summed E-state index contributed by atoms with van der Waals surface area (Å²) in [5.74, 6) is -0.508. The van der Waals surface area contributed by atoms with Crippen LogP contribution in [0.4, 0.5) is 5.13 Å². The Labute approximate surface area is 196 Å². The molecule has 0 saturated heterocycles. The number of aromatic nitrogens is 1. The van der Waals surface area contributed by atoms with E-state index in [1.54, 1.807) is 19.1 Å². The average molecular weight is 489 g/mol. The number of carbonyl (C=O) groups excluding carboxylic acids is 2. The molecule has 0 unspecified atom stereocenters. The Hall–Kier alpha value is -3.24. The highest BCUT2D eigenvalue weighted by atomic mass is 32.2. The molecule has 10 heteroatoms. The summed E-state index contributed by atoms with van der Waals surface area (Å²) in [6.45, 7) is 1.93. The zero-order valence-corrected chi connectivity index (χ0v) is 19.9. The highest BCUT2D eigenvalue weighted by molar-refractivity contribution is 7.91. The van der Waals surface area contributed by atoms with Crippen LogP contribution < -0.4 is 10.1 Å². The SMILES string of the molecule is CCOC(=O)c1sc(NC(=O)CCCS(=O)(=O)c2ccc(OC)cc2)nc1-c1ccccc1. The van der Waals surface area contributed by atoms with E-state index in [1.165, 1.54) is 19.2 Å².